The van der Waals surface area contributed by atoms with Crippen LogP contribution in [0.3, 0.4) is 0 Å². The lowest BCUT2D eigenvalue weighted by atomic mass is 10.3. The Morgan fingerprint density at radius 1 is 1.50 bits per heavy atom. The first kappa shape index (κ1) is 8.45. The fraction of sp³-hybridized carbons (Fsp3) is 0.100. The van der Waals surface area contributed by atoms with Gasteiger partial charge in [-0.05, 0) is 19.1 Å². The van der Waals surface area contributed by atoms with E-state index in [1.807, 2.05) is 31.2 Å². The molecule has 0 amide bonds. The SMILES string of the molecule is Cc1cccc2ncc(C#N)c(=N)n12. The molecule has 2 heterocycles. The third-order valence-corrected chi connectivity index (χ3v) is 2.09. The maximum atomic E-state index is 8.75. The molecule has 0 fully saturated rings. The number of aryl methyl sites for hydroxylation is 1. The lowest BCUT2D eigenvalue weighted by Gasteiger charge is -2.04. The van der Waals surface area contributed by atoms with E-state index in [0.717, 1.165) is 5.69 Å². The molecule has 0 bridgehead atoms. The third-order valence-electron chi connectivity index (χ3n) is 2.09. The molecule has 4 heteroatoms. The number of pyridine rings is 1. The van der Waals surface area contributed by atoms with Crippen molar-refractivity contribution < 1.29 is 0 Å². The Morgan fingerprint density at radius 3 is 3.00 bits per heavy atom. The van der Waals surface area contributed by atoms with Crippen LogP contribution in [0.2, 0.25) is 0 Å². The van der Waals surface area contributed by atoms with Crippen molar-refractivity contribution in [2.75, 3.05) is 0 Å². The second kappa shape index (κ2) is 2.96. The van der Waals surface area contributed by atoms with Crippen LogP contribution in [0.4, 0.5) is 0 Å². The van der Waals surface area contributed by atoms with Gasteiger partial charge in [0.1, 0.15) is 17.3 Å². The molecule has 2 rings (SSSR count). The van der Waals surface area contributed by atoms with Crippen LogP contribution < -0.4 is 5.49 Å². The fourth-order valence-electron chi connectivity index (χ4n) is 1.39. The van der Waals surface area contributed by atoms with Gasteiger partial charge in [-0.15, -0.1) is 0 Å². The van der Waals surface area contributed by atoms with Crippen molar-refractivity contribution >= 4 is 5.65 Å². The molecular weight excluding hydrogens is 176 g/mol. The maximum Gasteiger partial charge on any atom is 0.150 e. The number of aromatic nitrogens is 2. The molecule has 0 saturated heterocycles. The number of hydrogen-bond acceptors (Lipinski definition) is 3. The number of nitrogens with one attached hydrogen (secondary N) is 1. The summed E-state index contributed by atoms with van der Waals surface area (Å²) in [6.45, 7) is 1.88. The standard InChI is InChI=1S/C10H8N4/c1-7-3-2-4-9-13-6-8(5-11)10(12)14(7)9/h2-4,6,12H,1H3. The summed E-state index contributed by atoms with van der Waals surface area (Å²) in [6, 6.07) is 7.52. The highest BCUT2D eigenvalue weighted by Crippen LogP contribution is 2.01. The Morgan fingerprint density at radius 2 is 2.29 bits per heavy atom. The first-order chi connectivity index (χ1) is 6.74. The maximum absolute atomic E-state index is 8.75. The van der Waals surface area contributed by atoms with E-state index in [-0.39, 0.29) is 11.1 Å². The highest BCUT2D eigenvalue weighted by molar-refractivity contribution is 5.41. The molecule has 14 heavy (non-hydrogen) atoms. The van der Waals surface area contributed by atoms with E-state index in [2.05, 4.69) is 4.98 Å². The second-order valence-electron chi connectivity index (χ2n) is 2.99. The summed E-state index contributed by atoms with van der Waals surface area (Å²) in [4.78, 5) is 4.09. The van der Waals surface area contributed by atoms with Crippen molar-refractivity contribution in [2.45, 2.75) is 6.92 Å². The number of fused-ring (bicyclic) bond motifs is 1. The van der Waals surface area contributed by atoms with Crippen LogP contribution >= 0.6 is 0 Å². The molecule has 0 radical (unpaired) electrons. The van der Waals surface area contributed by atoms with Gasteiger partial charge < -0.3 is 0 Å². The molecule has 1 N–H and O–H groups in total. The van der Waals surface area contributed by atoms with Crippen molar-refractivity contribution in [3.05, 3.63) is 41.1 Å². The molecule has 0 aliphatic carbocycles. The van der Waals surface area contributed by atoms with Gasteiger partial charge in [-0.2, -0.15) is 5.26 Å². The van der Waals surface area contributed by atoms with E-state index in [1.54, 1.807) is 4.40 Å². The van der Waals surface area contributed by atoms with E-state index in [0.29, 0.717) is 5.65 Å². The molecule has 0 aliphatic rings. The molecule has 0 aliphatic heterocycles. The fourth-order valence-corrected chi connectivity index (χ4v) is 1.39. The van der Waals surface area contributed by atoms with Gasteiger partial charge in [0.05, 0.1) is 6.20 Å². The molecule has 0 unspecified atom stereocenters. The lowest BCUT2D eigenvalue weighted by molar-refractivity contribution is 0.924. The van der Waals surface area contributed by atoms with Crippen molar-refractivity contribution in [1.29, 1.82) is 10.7 Å². The van der Waals surface area contributed by atoms with Crippen LogP contribution in [0.15, 0.2) is 24.4 Å². The highest BCUT2D eigenvalue weighted by Gasteiger charge is 2.01. The molecular formula is C10H8N4. The summed E-state index contributed by atoms with van der Waals surface area (Å²) in [5, 5.41) is 16.5. The van der Waals surface area contributed by atoms with Gasteiger partial charge in [0, 0.05) is 5.69 Å². The third kappa shape index (κ3) is 1.07. The summed E-state index contributed by atoms with van der Waals surface area (Å²) >= 11 is 0. The number of rotatable bonds is 0. The van der Waals surface area contributed by atoms with Crippen molar-refractivity contribution in [3.63, 3.8) is 0 Å². The van der Waals surface area contributed by atoms with Gasteiger partial charge in [-0.1, -0.05) is 6.07 Å². The van der Waals surface area contributed by atoms with Crippen LogP contribution in [0.1, 0.15) is 11.3 Å². The Hall–Kier alpha value is -2.15. The van der Waals surface area contributed by atoms with E-state index >= 15 is 0 Å². The molecule has 0 aromatic carbocycles. The van der Waals surface area contributed by atoms with Gasteiger partial charge in [0.2, 0.25) is 0 Å². The van der Waals surface area contributed by atoms with Crippen LogP contribution in [-0.4, -0.2) is 9.38 Å². The summed E-state index contributed by atoms with van der Waals surface area (Å²) < 4.78 is 1.65. The predicted octanol–water partition coefficient (Wildman–Crippen LogP) is 0.994. The zero-order valence-corrected chi connectivity index (χ0v) is 7.65. The molecule has 68 valence electrons. The van der Waals surface area contributed by atoms with Gasteiger partial charge in [0.25, 0.3) is 0 Å². The average molecular weight is 184 g/mol. The smallest absolute Gasteiger partial charge is 0.150 e. The molecule has 0 atom stereocenters. The van der Waals surface area contributed by atoms with Gasteiger partial charge in [-0.3, -0.25) is 9.81 Å². The van der Waals surface area contributed by atoms with Gasteiger partial charge >= 0.3 is 0 Å². The van der Waals surface area contributed by atoms with E-state index in [4.69, 9.17) is 10.7 Å². The highest BCUT2D eigenvalue weighted by atomic mass is 15.0. The van der Waals surface area contributed by atoms with Crippen molar-refractivity contribution in [3.8, 4) is 6.07 Å². The minimum atomic E-state index is 0.190. The largest absolute Gasteiger partial charge is 0.283 e. The minimum absolute atomic E-state index is 0.190. The average Bonchev–Trinajstić information content (AvgIpc) is 2.18. The number of hydrogen-bond donors (Lipinski definition) is 1. The van der Waals surface area contributed by atoms with Gasteiger partial charge in [-0.25, -0.2) is 4.98 Å². The molecule has 4 nitrogen and oxygen atoms in total. The van der Waals surface area contributed by atoms with E-state index in [1.165, 1.54) is 6.20 Å². The first-order valence-corrected chi connectivity index (χ1v) is 4.16. The number of nitriles is 1. The normalized spacial score (nSPS) is 10.0. The molecule has 0 saturated carbocycles. The quantitative estimate of drug-likeness (QED) is 0.663. The summed E-state index contributed by atoms with van der Waals surface area (Å²) in [6.07, 6.45) is 1.43. The first-order valence-electron chi connectivity index (χ1n) is 4.16. The zero-order valence-electron chi connectivity index (χ0n) is 7.65. The zero-order chi connectivity index (χ0) is 10.1. The minimum Gasteiger partial charge on any atom is -0.283 e. The molecule has 2 aromatic rings. The summed E-state index contributed by atoms with van der Waals surface area (Å²) in [5.41, 5.74) is 2.07. The second-order valence-corrected chi connectivity index (χ2v) is 2.99. The summed E-state index contributed by atoms with van der Waals surface area (Å²) in [5.74, 6) is 0. The predicted molar refractivity (Wildman–Crippen MR) is 50.5 cm³/mol. The van der Waals surface area contributed by atoms with Crippen LogP contribution in [0.5, 0.6) is 0 Å². The van der Waals surface area contributed by atoms with E-state index in [9.17, 15) is 0 Å². The Labute approximate surface area is 80.6 Å². The summed E-state index contributed by atoms with van der Waals surface area (Å²) in [7, 11) is 0. The lowest BCUT2D eigenvalue weighted by Crippen LogP contribution is -2.19. The van der Waals surface area contributed by atoms with Gasteiger partial charge in [0.15, 0.2) is 5.49 Å². The topological polar surface area (TPSA) is 64.9 Å². The van der Waals surface area contributed by atoms with Crippen LogP contribution in [0.25, 0.3) is 5.65 Å². The Balaban J connectivity index is 3.03. The van der Waals surface area contributed by atoms with Crippen molar-refractivity contribution in [1.82, 2.24) is 9.38 Å². The Bertz CT molecular complexity index is 589. The van der Waals surface area contributed by atoms with E-state index < -0.39 is 0 Å². The molecule has 0 spiro atoms. The monoisotopic (exact) mass is 184 g/mol. The van der Waals surface area contributed by atoms with Crippen molar-refractivity contribution in [2.24, 2.45) is 0 Å². The molecule has 2 aromatic heterocycles. The number of nitrogens with zero attached hydrogens (tertiary/aromatic N) is 3. The Kier molecular flexibility index (Phi) is 1.79. The van der Waals surface area contributed by atoms with Crippen LogP contribution in [0, 0.1) is 23.7 Å². The van der Waals surface area contributed by atoms with Crippen LogP contribution in [-0.2, 0) is 0 Å².